The first-order chi connectivity index (χ1) is 13.2. The summed E-state index contributed by atoms with van der Waals surface area (Å²) in [5, 5.41) is 2.90. The lowest BCUT2D eigenvalue weighted by molar-refractivity contribution is -0.141. The Morgan fingerprint density at radius 1 is 1.07 bits per heavy atom. The van der Waals surface area contributed by atoms with Gasteiger partial charge in [-0.2, -0.15) is 0 Å². The van der Waals surface area contributed by atoms with Gasteiger partial charge < -0.3 is 15.1 Å². The lowest BCUT2D eigenvalue weighted by Crippen LogP contribution is -2.65. The summed E-state index contributed by atoms with van der Waals surface area (Å²) in [5.74, 6) is 0.0507. The first-order valence-electron chi connectivity index (χ1n) is 10.3. The van der Waals surface area contributed by atoms with Crippen molar-refractivity contribution in [2.75, 3.05) is 25.0 Å². The Morgan fingerprint density at radius 3 is 2.46 bits per heavy atom. The molecule has 0 atom stereocenters. The van der Waals surface area contributed by atoms with Crippen LogP contribution in [-0.2, 0) is 15.0 Å². The second-order valence-corrected chi connectivity index (χ2v) is 9.02. The summed E-state index contributed by atoms with van der Waals surface area (Å²) in [6, 6.07) is 5.52. The van der Waals surface area contributed by atoms with Gasteiger partial charge in [-0.25, -0.2) is 0 Å². The highest BCUT2D eigenvalue weighted by atomic mass is 16.2. The Balaban J connectivity index is 1.58. The fraction of sp³-hybridized carbons (Fsp3) is 0.591. The van der Waals surface area contributed by atoms with E-state index in [1.165, 1.54) is 6.42 Å². The fourth-order valence-corrected chi connectivity index (χ4v) is 5.19. The average molecular weight is 383 g/mol. The summed E-state index contributed by atoms with van der Waals surface area (Å²) in [7, 11) is 0. The van der Waals surface area contributed by atoms with Gasteiger partial charge in [0.15, 0.2) is 0 Å². The average Bonchev–Trinajstić information content (AvgIpc) is 2.89. The smallest absolute Gasteiger partial charge is 0.254 e. The molecule has 0 bridgehead atoms. The van der Waals surface area contributed by atoms with Crippen LogP contribution in [0.25, 0.3) is 0 Å². The number of amides is 3. The highest BCUT2D eigenvalue weighted by molar-refractivity contribution is 6.07. The van der Waals surface area contributed by atoms with Crippen molar-refractivity contribution < 1.29 is 14.4 Å². The molecule has 1 N–H and O–H groups in total. The largest absolute Gasteiger partial charge is 0.335 e. The van der Waals surface area contributed by atoms with Crippen LogP contribution in [0.2, 0.25) is 0 Å². The molecule has 1 aromatic carbocycles. The maximum atomic E-state index is 13.3. The number of hydrogen-bond acceptors (Lipinski definition) is 3. The molecule has 1 spiro atoms. The normalized spacial score (nSPS) is 22.8. The zero-order valence-corrected chi connectivity index (χ0v) is 17.0. The van der Waals surface area contributed by atoms with Gasteiger partial charge in [0, 0.05) is 37.8 Å². The van der Waals surface area contributed by atoms with E-state index in [9.17, 15) is 14.4 Å². The van der Waals surface area contributed by atoms with E-state index in [2.05, 4.69) is 5.32 Å². The van der Waals surface area contributed by atoms with Gasteiger partial charge in [-0.3, -0.25) is 14.4 Å². The van der Waals surface area contributed by atoms with Gasteiger partial charge in [0.05, 0.1) is 11.0 Å². The number of rotatable bonds is 1. The third kappa shape index (κ3) is 2.90. The number of carbonyl (C=O) groups is 3. The minimum Gasteiger partial charge on any atom is -0.335 e. The molecule has 1 saturated carbocycles. The molecule has 6 heteroatoms. The van der Waals surface area contributed by atoms with Gasteiger partial charge in [0.2, 0.25) is 11.8 Å². The lowest BCUT2D eigenvalue weighted by atomic mass is 9.78. The zero-order valence-electron chi connectivity index (χ0n) is 17.0. The second-order valence-electron chi connectivity index (χ2n) is 9.02. The minimum atomic E-state index is -0.573. The van der Waals surface area contributed by atoms with E-state index >= 15 is 0 Å². The summed E-state index contributed by atoms with van der Waals surface area (Å²) >= 11 is 0. The van der Waals surface area contributed by atoms with Crippen molar-refractivity contribution in [2.45, 2.75) is 63.8 Å². The standard InChI is InChI=1S/C22H29N3O3/c1-15(26)25-12-11-24(14-22(25)9-5-4-6-10-22)19(27)16-7-8-17-18(13-16)23-20(28)21(17,2)3/h7-8,13H,4-6,9-12,14H2,1-3H3,(H,23,28). The van der Waals surface area contributed by atoms with Crippen LogP contribution >= 0.6 is 0 Å². The second kappa shape index (κ2) is 6.61. The summed E-state index contributed by atoms with van der Waals surface area (Å²) in [5.41, 5.74) is 1.47. The SMILES string of the molecule is CC(=O)N1CCN(C(=O)c2ccc3c(c2)NC(=O)C3(C)C)CC12CCCCC2. The highest BCUT2D eigenvalue weighted by Crippen LogP contribution is 2.39. The minimum absolute atomic E-state index is 0.0186. The van der Waals surface area contributed by atoms with Gasteiger partial charge in [-0.1, -0.05) is 25.3 Å². The van der Waals surface area contributed by atoms with Crippen LogP contribution in [0.15, 0.2) is 18.2 Å². The molecule has 6 nitrogen and oxygen atoms in total. The quantitative estimate of drug-likeness (QED) is 0.811. The van der Waals surface area contributed by atoms with E-state index in [0.717, 1.165) is 36.9 Å². The maximum absolute atomic E-state index is 13.3. The van der Waals surface area contributed by atoms with Crippen molar-refractivity contribution in [1.29, 1.82) is 0 Å². The van der Waals surface area contributed by atoms with Crippen LogP contribution in [0.1, 0.15) is 68.8 Å². The van der Waals surface area contributed by atoms with E-state index in [1.807, 2.05) is 35.8 Å². The van der Waals surface area contributed by atoms with E-state index in [4.69, 9.17) is 0 Å². The first-order valence-corrected chi connectivity index (χ1v) is 10.3. The van der Waals surface area contributed by atoms with Gasteiger partial charge in [0.1, 0.15) is 0 Å². The first kappa shape index (κ1) is 19.0. The van der Waals surface area contributed by atoms with Crippen LogP contribution in [0.4, 0.5) is 5.69 Å². The number of fused-ring (bicyclic) bond motifs is 1. The monoisotopic (exact) mass is 383 g/mol. The summed E-state index contributed by atoms with van der Waals surface area (Å²) in [6.07, 6.45) is 5.33. The van der Waals surface area contributed by atoms with Crippen LogP contribution in [0.5, 0.6) is 0 Å². The molecule has 2 heterocycles. The zero-order chi connectivity index (χ0) is 20.1. The topological polar surface area (TPSA) is 69.7 Å². The molecule has 3 aliphatic rings. The predicted octanol–water partition coefficient (Wildman–Crippen LogP) is 2.92. The summed E-state index contributed by atoms with van der Waals surface area (Å²) in [6.45, 7) is 7.16. The molecular weight excluding hydrogens is 354 g/mol. The molecule has 150 valence electrons. The number of nitrogens with one attached hydrogen (secondary N) is 1. The number of piperazine rings is 1. The molecule has 0 unspecified atom stereocenters. The molecule has 2 fully saturated rings. The van der Waals surface area contributed by atoms with Gasteiger partial charge >= 0.3 is 0 Å². The molecule has 0 aromatic heterocycles. The molecule has 2 aliphatic heterocycles. The molecule has 1 aromatic rings. The molecule has 0 radical (unpaired) electrons. The molecule has 1 aliphatic carbocycles. The molecule has 3 amide bonds. The van der Waals surface area contributed by atoms with E-state index in [0.29, 0.717) is 25.2 Å². The predicted molar refractivity (Wildman–Crippen MR) is 107 cm³/mol. The number of benzene rings is 1. The van der Waals surface area contributed by atoms with Crippen molar-refractivity contribution in [3.05, 3.63) is 29.3 Å². The molecule has 28 heavy (non-hydrogen) atoms. The Morgan fingerprint density at radius 2 is 1.79 bits per heavy atom. The lowest BCUT2D eigenvalue weighted by Gasteiger charge is -2.52. The summed E-state index contributed by atoms with van der Waals surface area (Å²) in [4.78, 5) is 41.6. The Bertz CT molecular complexity index is 839. The maximum Gasteiger partial charge on any atom is 0.254 e. The molecule has 1 saturated heterocycles. The van der Waals surface area contributed by atoms with Crippen molar-refractivity contribution in [1.82, 2.24) is 9.80 Å². The summed E-state index contributed by atoms with van der Waals surface area (Å²) < 4.78 is 0. The van der Waals surface area contributed by atoms with Crippen LogP contribution < -0.4 is 5.32 Å². The van der Waals surface area contributed by atoms with E-state index < -0.39 is 5.41 Å². The van der Waals surface area contributed by atoms with Crippen molar-refractivity contribution in [2.24, 2.45) is 0 Å². The number of carbonyl (C=O) groups excluding carboxylic acids is 3. The van der Waals surface area contributed by atoms with Crippen LogP contribution in [0.3, 0.4) is 0 Å². The van der Waals surface area contributed by atoms with Gasteiger partial charge in [-0.05, 0) is 44.4 Å². The van der Waals surface area contributed by atoms with Crippen LogP contribution in [0, 0.1) is 0 Å². The number of nitrogens with zero attached hydrogens (tertiary/aromatic N) is 2. The van der Waals surface area contributed by atoms with Gasteiger partial charge in [0.25, 0.3) is 5.91 Å². The number of anilines is 1. The van der Waals surface area contributed by atoms with Crippen LogP contribution in [-0.4, -0.2) is 52.7 Å². The third-order valence-electron chi connectivity index (χ3n) is 6.86. The fourth-order valence-electron chi connectivity index (χ4n) is 5.19. The Kier molecular flexibility index (Phi) is 4.47. The molecule has 4 rings (SSSR count). The van der Waals surface area contributed by atoms with E-state index in [1.54, 1.807) is 13.0 Å². The highest BCUT2D eigenvalue weighted by Gasteiger charge is 2.45. The van der Waals surface area contributed by atoms with E-state index in [-0.39, 0.29) is 23.3 Å². The van der Waals surface area contributed by atoms with Crippen molar-refractivity contribution in [3.8, 4) is 0 Å². The Labute approximate surface area is 166 Å². The van der Waals surface area contributed by atoms with Gasteiger partial charge in [-0.15, -0.1) is 0 Å². The Hall–Kier alpha value is -2.37. The number of hydrogen-bond donors (Lipinski definition) is 1. The van der Waals surface area contributed by atoms with Crippen molar-refractivity contribution in [3.63, 3.8) is 0 Å². The third-order valence-corrected chi connectivity index (χ3v) is 6.86. The molecular formula is C22H29N3O3. The van der Waals surface area contributed by atoms with Crippen molar-refractivity contribution >= 4 is 23.4 Å².